The molecule has 29 heavy (non-hydrogen) atoms. The minimum atomic E-state index is -0.505. The standard InChI is InChI=1S/C22H32N2O3.2ClH/c1-3-22(11-7-4-8-12-22)27-18-19(25)17-23-13-15-24(16-14-23)20-9-5-6-10-21(20)26-2;;/h1,5-6,9-10,19,25H,4,7-8,11-18H2,2H3;2*1H. The van der Waals surface area contributed by atoms with Crippen LogP contribution in [0.1, 0.15) is 32.1 Å². The molecule has 1 saturated carbocycles. The molecule has 1 aromatic carbocycles. The van der Waals surface area contributed by atoms with Crippen molar-refractivity contribution in [2.75, 3.05) is 51.3 Å². The van der Waals surface area contributed by atoms with Gasteiger partial charge >= 0.3 is 0 Å². The molecular formula is C22H34Cl2N2O3. The highest BCUT2D eigenvalue weighted by Crippen LogP contribution is 2.31. The Bertz CT molecular complexity index is 639. The van der Waals surface area contributed by atoms with E-state index in [4.69, 9.17) is 15.9 Å². The Morgan fingerprint density at radius 1 is 1.10 bits per heavy atom. The molecule has 1 heterocycles. The van der Waals surface area contributed by atoms with Gasteiger partial charge in [0.25, 0.3) is 0 Å². The molecule has 0 aromatic heterocycles. The van der Waals surface area contributed by atoms with Gasteiger partial charge in [-0.05, 0) is 37.8 Å². The van der Waals surface area contributed by atoms with E-state index in [-0.39, 0.29) is 24.8 Å². The lowest BCUT2D eigenvalue weighted by molar-refractivity contribution is -0.0698. The number of para-hydroxylation sites is 2. The van der Waals surface area contributed by atoms with Crippen LogP contribution in [0.5, 0.6) is 5.75 Å². The molecule has 0 spiro atoms. The number of nitrogens with zero attached hydrogens (tertiary/aromatic N) is 2. The van der Waals surface area contributed by atoms with Gasteiger partial charge in [-0.3, -0.25) is 4.90 Å². The average molecular weight is 445 g/mol. The van der Waals surface area contributed by atoms with E-state index in [1.54, 1.807) is 7.11 Å². The largest absolute Gasteiger partial charge is 0.495 e. The van der Waals surface area contributed by atoms with Gasteiger partial charge in [0.2, 0.25) is 0 Å². The molecule has 1 aliphatic heterocycles. The summed E-state index contributed by atoms with van der Waals surface area (Å²) >= 11 is 0. The lowest BCUT2D eigenvalue weighted by atomic mass is 9.85. The maximum absolute atomic E-state index is 10.4. The van der Waals surface area contributed by atoms with Crippen LogP contribution >= 0.6 is 24.8 Å². The van der Waals surface area contributed by atoms with E-state index >= 15 is 0 Å². The van der Waals surface area contributed by atoms with Crippen LogP contribution < -0.4 is 9.64 Å². The minimum Gasteiger partial charge on any atom is -0.495 e. The topological polar surface area (TPSA) is 45.2 Å². The summed E-state index contributed by atoms with van der Waals surface area (Å²) in [5.41, 5.74) is 0.679. The van der Waals surface area contributed by atoms with Gasteiger partial charge in [-0.25, -0.2) is 0 Å². The van der Waals surface area contributed by atoms with E-state index in [9.17, 15) is 5.11 Å². The van der Waals surface area contributed by atoms with E-state index < -0.39 is 11.7 Å². The molecule has 164 valence electrons. The number of benzene rings is 1. The van der Waals surface area contributed by atoms with Crippen LogP contribution in [0, 0.1) is 12.3 Å². The lowest BCUT2D eigenvalue weighted by Crippen LogP contribution is -2.49. The first-order valence-corrected chi connectivity index (χ1v) is 10.1. The maximum Gasteiger partial charge on any atom is 0.142 e. The number of hydrogen-bond donors (Lipinski definition) is 1. The van der Waals surface area contributed by atoms with Gasteiger partial charge < -0.3 is 19.5 Å². The van der Waals surface area contributed by atoms with Crippen LogP contribution in [0.25, 0.3) is 0 Å². The predicted molar refractivity (Wildman–Crippen MR) is 123 cm³/mol. The molecule has 1 aliphatic carbocycles. The second kappa shape index (κ2) is 12.5. The summed E-state index contributed by atoms with van der Waals surface area (Å²) in [7, 11) is 1.71. The number of β-amino-alcohol motifs (C(OH)–C–C–N with tert-alkyl or cyclic N) is 1. The number of methoxy groups -OCH3 is 1. The quantitative estimate of drug-likeness (QED) is 0.653. The van der Waals surface area contributed by atoms with Gasteiger partial charge in [-0.2, -0.15) is 0 Å². The number of aliphatic hydroxyl groups is 1. The van der Waals surface area contributed by atoms with Crippen molar-refractivity contribution in [3.05, 3.63) is 24.3 Å². The second-order valence-corrected chi connectivity index (χ2v) is 7.62. The van der Waals surface area contributed by atoms with Crippen molar-refractivity contribution in [1.82, 2.24) is 4.90 Å². The number of terminal acetylenes is 1. The molecule has 1 unspecified atom stereocenters. The van der Waals surface area contributed by atoms with Gasteiger partial charge in [0.15, 0.2) is 0 Å². The highest BCUT2D eigenvalue weighted by molar-refractivity contribution is 5.85. The molecule has 5 nitrogen and oxygen atoms in total. The van der Waals surface area contributed by atoms with Crippen molar-refractivity contribution in [2.24, 2.45) is 0 Å². The maximum atomic E-state index is 10.4. The van der Waals surface area contributed by atoms with Crippen LogP contribution in [0.4, 0.5) is 5.69 Å². The first-order valence-electron chi connectivity index (χ1n) is 10.1. The van der Waals surface area contributed by atoms with Crippen molar-refractivity contribution in [3.8, 4) is 18.1 Å². The molecule has 0 bridgehead atoms. The summed E-state index contributed by atoms with van der Waals surface area (Å²) in [5.74, 6) is 3.75. The molecule has 0 radical (unpaired) electrons. The van der Waals surface area contributed by atoms with Crippen molar-refractivity contribution in [1.29, 1.82) is 0 Å². The summed E-state index contributed by atoms with van der Waals surface area (Å²) in [6.45, 7) is 4.60. The molecule has 1 aromatic rings. The zero-order valence-electron chi connectivity index (χ0n) is 17.2. The number of anilines is 1. The van der Waals surface area contributed by atoms with Crippen LogP contribution in [0.15, 0.2) is 24.3 Å². The first-order chi connectivity index (χ1) is 13.2. The van der Waals surface area contributed by atoms with Crippen molar-refractivity contribution in [3.63, 3.8) is 0 Å². The predicted octanol–water partition coefficient (Wildman–Crippen LogP) is 3.37. The Kier molecular flexibility index (Phi) is 11.2. The normalized spacial score (nSPS) is 20.0. The second-order valence-electron chi connectivity index (χ2n) is 7.62. The Labute approximate surface area is 187 Å². The molecule has 7 heteroatoms. The number of halogens is 2. The monoisotopic (exact) mass is 444 g/mol. The third kappa shape index (κ3) is 6.94. The Hall–Kier alpha value is -1.16. The third-order valence-electron chi connectivity index (χ3n) is 5.74. The van der Waals surface area contributed by atoms with Crippen molar-refractivity contribution >= 4 is 30.5 Å². The molecule has 0 amide bonds. The minimum absolute atomic E-state index is 0. The van der Waals surface area contributed by atoms with Crippen molar-refractivity contribution < 1.29 is 14.6 Å². The zero-order valence-corrected chi connectivity index (χ0v) is 18.8. The van der Waals surface area contributed by atoms with Gasteiger partial charge in [-0.1, -0.05) is 24.5 Å². The van der Waals surface area contributed by atoms with E-state index in [1.807, 2.05) is 18.2 Å². The van der Waals surface area contributed by atoms with Gasteiger partial charge in [0.05, 0.1) is 25.5 Å². The third-order valence-corrected chi connectivity index (χ3v) is 5.74. The van der Waals surface area contributed by atoms with E-state index in [1.165, 1.54) is 6.42 Å². The average Bonchev–Trinajstić information content (AvgIpc) is 2.73. The van der Waals surface area contributed by atoms with Crippen molar-refractivity contribution in [2.45, 2.75) is 43.8 Å². The number of aliphatic hydroxyl groups excluding tert-OH is 1. The van der Waals surface area contributed by atoms with Crippen LogP contribution in [0.2, 0.25) is 0 Å². The van der Waals surface area contributed by atoms with Crippen LogP contribution in [0.3, 0.4) is 0 Å². The number of ether oxygens (including phenoxy) is 2. The SMILES string of the molecule is C#CC1(OCC(O)CN2CCN(c3ccccc3OC)CC2)CCCCC1.Cl.Cl. The fourth-order valence-corrected chi connectivity index (χ4v) is 4.12. The zero-order chi connectivity index (χ0) is 19.1. The molecule has 1 saturated heterocycles. The summed E-state index contributed by atoms with van der Waals surface area (Å²) in [6, 6.07) is 8.12. The fraction of sp³-hybridized carbons (Fsp3) is 0.636. The Morgan fingerprint density at radius 3 is 2.38 bits per heavy atom. The highest BCUT2D eigenvalue weighted by atomic mass is 35.5. The van der Waals surface area contributed by atoms with Crippen LogP contribution in [-0.4, -0.2) is 68.2 Å². The Morgan fingerprint density at radius 2 is 1.76 bits per heavy atom. The molecule has 2 fully saturated rings. The number of piperazine rings is 1. The molecule has 1 atom stereocenters. The highest BCUT2D eigenvalue weighted by Gasteiger charge is 2.31. The lowest BCUT2D eigenvalue weighted by Gasteiger charge is -2.38. The summed E-state index contributed by atoms with van der Waals surface area (Å²) < 4.78 is 11.5. The first kappa shape index (κ1) is 25.9. The molecular weight excluding hydrogens is 411 g/mol. The van der Waals surface area contributed by atoms with E-state index in [0.717, 1.165) is 63.3 Å². The molecule has 3 rings (SSSR count). The van der Waals surface area contributed by atoms with Gasteiger partial charge in [0, 0.05) is 32.7 Å². The molecule has 2 aliphatic rings. The summed E-state index contributed by atoms with van der Waals surface area (Å²) in [4.78, 5) is 4.64. The summed E-state index contributed by atoms with van der Waals surface area (Å²) in [5, 5.41) is 10.4. The van der Waals surface area contributed by atoms with Gasteiger partial charge in [-0.15, -0.1) is 31.2 Å². The van der Waals surface area contributed by atoms with Crippen LogP contribution in [-0.2, 0) is 4.74 Å². The number of hydrogen-bond acceptors (Lipinski definition) is 5. The fourth-order valence-electron chi connectivity index (χ4n) is 4.12. The number of rotatable bonds is 7. The molecule has 1 N–H and O–H groups in total. The van der Waals surface area contributed by atoms with Gasteiger partial charge in [0.1, 0.15) is 11.4 Å². The van der Waals surface area contributed by atoms with E-state index in [2.05, 4.69) is 21.8 Å². The van der Waals surface area contributed by atoms with E-state index in [0.29, 0.717) is 13.2 Å². The smallest absolute Gasteiger partial charge is 0.142 e. The Balaban J connectivity index is 0.00000210. The summed E-state index contributed by atoms with van der Waals surface area (Å²) in [6.07, 6.45) is 10.5.